The Kier molecular flexibility index (Phi) is 5.68. The van der Waals surface area contributed by atoms with E-state index in [1.165, 1.54) is 12.1 Å². The van der Waals surface area contributed by atoms with Gasteiger partial charge in [-0.3, -0.25) is 14.4 Å². The molecule has 38 heavy (non-hydrogen) atoms. The Balaban J connectivity index is 1.41. The lowest BCUT2D eigenvalue weighted by Crippen LogP contribution is -2.46. The molecule has 3 aromatic rings. The van der Waals surface area contributed by atoms with E-state index in [2.05, 4.69) is 21.2 Å². The Morgan fingerprint density at radius 3 is 2.34 bits per heavy atom. The van der Waals surface area contributed by atoms with Gasteiger partial charge in [-0.2, -0.15) is 13.2 Å². The van der Waals surface area contributed by atoms with E-state index in [4.69, 9.17) is 0 Å². The summed E-state index contributed by atoms with van der Waals surface area (Å²) in [7, 11) is 0. The largest absolute Gasteiger partial charge is 0.416 e. The van der Waals surface area contributed by atoms with Gasteiger partial charge in [0.25, 0.3) is 0 Å². The number of alkyl halides is 3. The molecule has 0 spiro atoms. The van der Waals surface area contributed by atoms with Gasteiger partial charge in [-0.05, 0) is 59.7 Å². The fourth-order valence-electron chi connectivity index (χ4n) is 5.69. The standard InChI is InChI=1S/C28H19BrF3N3O3/c29-17-8-10-19(11-9-17)35-26(37)21-22(27(35)38)24(34-13-12-15-4-1-2-7-20(15)23(21)34)25(36)33-18-6-3-5-16(14-18)28(30,31)32/h1-14,21-24H,(H,33,36)/t21-,22+,23+,24-/m0/s1. The number of amides is 3. The van der Waals surface area contributed by atoms with E-state index in [1.54, 1.807) is 41.4 Å². The van der Waals surface area contributed by atoms with Crippen molar-refractivity contribution >= 4 is 51.1 Å². The number of carbonyl (C=O) groups is 3. The van der Waals surface area contributed by atoms with Crippen LogP contribution in [-0.4, -0.2) is 28.7 Å². The van der Waals surface area contributed by atoms with Gasteiger partial charge in [-0.1, -0.05) is 46.3 Å². The highest BCUT2D eigenvalue weighted by molar-refractivity contribution is 9.10. The smallest absolute Gasteiger partial charge is 0.357 e. The molecular weight excluding hydrogens is 563 g/mol. The molecule has 0 aliphatic carbocycles. The molecule has 0 saturated carbocycles. The molecule has 3 aliphatic heterocycles. The minimum absolute atomic E-state index is 0.0484. The summed E-state index contributed by atoms with van der Waals surface area (Å²) in [6.07, 6.45) is -1.09. The van der Waals surface area contributed by atoms with Gasteiger partial charge in [-0.25, -0.2) is 4.90 Å². The van der Waals surface area contributed by atoms with Gasteiger partial charge >= 0.3 is 6.18 Å². The van der Waals surface area contributed by atoms with Crippen LogP contribution < -0.4 is 10.2 Å². The van der Waals surface area contributed by atoms with Crippen molar-refractivity contribution in [3.63, 3.8) is 0 Å². The third kappa shape index (κ3) is 3.82. The highest BCUT2D eigenvalue weighted by Crippen LogP contribution is 2.53. The Morgan fingerprint density at radius 1 is 0.895 bits per heavy atom. The molecule has 0 bridgehead atoms. The molecule has 3 amide bonds. The van der Waals surface area contributed by atoms with Crippen molar-refractivity contribution in [1.82, 2.24) is 4.90 Å². The van der Waals surface area contributed by atoms with E-state index < -0.39 is 53.4 Å². The third-order valence-corrected chi connectivity index (χ3v) is 7.80. The van der Waals surface area contributed by atoms with Crippen molar-refractivity contribution < 1.29 is 27.6 Å². The zero-order chi connectivity index (χ0) is 26.8. The molecule has 3 heterocycles. The first-order valence-corrected chi connectivity index (χ1v) is 12.6. The summed E-state index contributed by atoms with van der Waals surface area (Å²) in [5.74, 6) is -3.49. The maximum atomic E-state index is 13.8. The number of hydrogen-bond donors (Lipinski definition) is 1. The highest BCUT2D eigenvalue weighted by Gasteiger charge is 2.64. The van der Waals surface area contributed by atoms with E-state index in [9.17, 15) is 27.6 Å². The van der Waals surface area contributed by atoms with E-state index in [-0.39, 0.29) is 5.69 Å². The normalized spacial score (nSPS) is 23.8. The highest BCUT2D eigenvalue weighted by atomic mass is 79.9. The zero-order valence-electron chi connectivity index (χ0n) is 19.5. The van der Waals surface area contributed by atoms with Crippen LogP contribution in [0, 0.1) is 11.8 Å². The van der Waals surface area contributed by atoms with Crippen LogP contribution in [0.4, 0.5) is 24.5 Å². The first-order valence-electron chi connectivity index (χ1n) is 11.8. The number of fused-ring (bicyclic) bond motifs is 5. The Labute approximate surface area is 223 Å². The molecule has 192 valence electrons. The predicted molar refractivity (Wildman–Crippen MR) is 138 cm³/mol. The van der Waals surface area contributed by atoms with Crippen LogP contribution in [0.3, 0.4) is 0 Å². The number of hydrogen-bond acceptors (Lipinski definition) is 4. The number of imide groups is 1. The van der Waals surface area contributed by atoms with E-state index in [0.717, 1.165) is 32.6 Å². The van der Waals surface area contributed by atoms with Gasteiger partial charge in [0, 0.05) is 16.4 Å². The van der Waals surface area contributed by atoms with Gasteiger partial charge in [0.05, 0.1) is 29.1 Å². The number of halogens is 4. The number of benzene rings is 3. The SMILES string of the molecule is O=C(Nc1cccc(C(F)(F)F)c1)[C@@H]1[C@@H]2C(=O)N(c3ccc(Br)cc3)C(=O)[C@@H]2[C@H]2c3ccccc3C=CN12. The quantitative estimate of drug-likeness (QED) is 0.407. The molecule has 10 heteroatoms. The molecule has 2 saturated heterocycles. The van der Waals surface area contributed by atoms with Crippen molar-refractivity contribution in [2.75, 3.05) is 10.2 Å². The molecule has 2 fully saturated rings. The molecule has 1 N–H and O–H groups in total. The van der Waals surface area contributed by atoms with Crippen molar-refractivity contribution in [2.45, 2.75) is 18.3 Å². The Hall–Kier alpha value is -3.92. The molecule has 0 unspecified atom stereocenters. The van der Waals surface area contributed by atoms with Crippen LogP contribution in [0.25, 0.3) is 6.08 Å². The van der Waals surface area contributed by atoms with Crippen molar-refractivity contribution in [1.29, 1.82) is 0 Å². The fourth-order valence-corrected chi connectivity index (χ4v) is 5.96. The summed E-state index contributed by atoms with van der Waals surface area (Å²) in [6, 6.07) is 16.8. The summed E-state index contributed by atoms with van der Waals surface area (Å²) in [5, 5.41) is 2.56. The Morgan fingerprint density at radius 2 is 1.61 bits per heavy atom. The molecular formula is C28H19BrF3N3O3. The molecule has 6 nitrogen and oxygen atoms in total. The lowest BCUT2D eigenvalue weighted by Gasteiger charge is -2.35. The maximum Gasteiger partial charge on any atom is 0.416 e. The van der Waals surface area contributed by atoms with Gasteiger partial charge in [0.2, 0.25) is 17.7 Å². The van der Waals surface area contributed by atoms with E-state index in [1.807, 2.05) is 24.3 Å². The van der Waals surface area contributed by atoms with Crippen molar-refractivity contribution in [2.24, 2.45) is 11.8 Å². The molecule has 0 radical (unpaired) electrons. The first-order chi connectivity index (χ1) is 18.1. The molecule has 3 aliphatic rings. The second-order valence-electron chi connectivity index (χ2n) is 9.39. The van der Waals surface area contributed by atoms with Crippen LogP contribution in [0.2, 0.25) is 0 Å². The van der Waals surface area contributed by atoms with Gasteiger partial charge in [0.15, 0.2) is 0 Å². The molecule has 3 aromatic carbocycles. The van der Waals surface area contributed by atoms with Crippen LogP contribution in [0.5, 0.6) is 0 Å². The second-order valence-corrected chi connectivity index (χ2v) is 10.3. The fraction of sp³-hybridized carbons (Fsp3) is 0.179. The van der Waals surface area contributed by atoms with E-state index >= 15 is 0 Å². The molecule has 4 atom stereocenters. The minimum atomic E-state index is -4.58. The summed E-state index contributed by atoms with van der Waals surface area (Å²) in [4.78, 5) is 44.1. The summed E-state index contributed by atoms with van der Waals surface area (Å²) < 4.78 is 40.5. The number of nitrogens with one attached hydrogen (secondary N) is 1. The van der Waals surface area contributed by atoms with Crippen LogP contribution in [0.1, 0.15) is 22.7 Å². The average molecular weight is 582 g/mol. The average Bonchev–Trinajstić information content (AvgIpc) is 3.37. The number of nitrogens with zero attached hydrogens (tertiary/aromatic N) is 2. The summed E-state index contributed by atoms with van der Waals surface area (Å²) >= 11 is 3.35. The van der Waals surface area contributed by atoms with Crippen LogP contribution in [-0.2, 0) is 20.6 Å². The third-order valence-electron chi connectivity index (χ3n) is 7.27. The molecule has 6 rings (SSSR count). The minimum Gasteiger partial charge on any atom is -0.357 e. The van der Waals surface area contributed by atoms with Crippen molar-refractivity contribution in [3.8, 4) is 0 Å². The lowest BCUT2D eigenvalue weighted by molar-refractivity contribution is -0.137. The van der Waals surface area contributed by atoms with Gasteiger partial charge in [0.1, 0.15) is 6.04 Å². The van der Waals surface area contributed by atoms with Crippen LogP contribution in [0.15, 0.2) is 83.5 Å². The number of rotatable bonds is 3. The van der Waals surface area contributed by atoms with E-state index in [0.29, 0.717) is 5.69 Å². The number of anilines is 2. The molecule has 0 aromatic heterocycles. The monoisotopic (exact) mass is 581 g/mol. The van der Waals surface area contributed by atoms with Crippen molar-refractivity contribution in [3.05, 3.63) is 100 Å². The van der Waals surface area contributed by atoms with Crippen LogP contribution >= 0.6 is 15.9 Å². The zero-order valence-corrected chi connectivity index (χ0v) is 21.1. The second kappa shape index (κ2) is 8.83. The predicted octanol–water partition coefficient (Wildman–Crippen LogP) is 5.62. The number of carbonyl (C=O) groups excluding carboxylic acids is 3. The maximum absolute atomic E-state index is 13.8. The summed E-state index contributed by atoms with van der Waals surface area (Å²) in [5.41, 5.74) is 1.11. The Bertz CT molecular complexity index is 1500. The van der Waals surface area contributed by atoms with Gasteiger partial charge < -0.3 is 10.2 Å². The first kappa shape index (κ1) is 24.4. The summed E-state index contributed by atoms with van der Waals surface area (Å²) in [6.45, 7) is 0. The topological polar surface area (TPSA) is 69.7 Å². The lowest BCUT2D eigenvalue weighted by atomic mass is 9.84. The van der Waals surface area contributed by atoms with Gasteiger partial charge in [-0.15, -0.1) is 0 Å².